The minimum absolute atomic E-state index is 0.0241. The van der Waals surface area contributed by atoms with Crippen molar-refractivity contribution in [2.45, 2.75) is 58.1 Å². The second-order valence-electron chi connectivity index (χ2n) is 11.0. The second kappa shape index (κ2) is 11.3. The van der Waals surface area contributed by atoms with Gasteiger partial charge in [-0.3, -0.25) is 0 Å². The van der Waals surface area contributed by atoms with Crippen LogP contribution in [0.1, 0.15) is 56.3 Å². The summed E-state index contributed by atoms with van der Waals surface area (Å²) in [5.41, 5.74) is -1.11. The Balaban J connectivity index is 2.24. The van der Waals surface area contributed by atoms with Crippen molar-refractivity contribution in [3.8, 4) is 6.07 Å². The number of nitriles is 1. The van der Waals surface area contributed by atoms with Crippen LogP contribution in [-0.2, 0) is 5.41 Å². The van der Waals surface area contributed by atoms with Gasteiger partial charge in [-0.1, -0.05) is 56.6 Å². The maximum atomic E-state index is 15.6. The van der Waals surface area contributed by atoms with Crippen molar-refractivity contribution in [2.75, 3.05) is 19.7 Å². The lowest BCUT2D eigenvalue weighted by atomic mass is 9.63. The average molecular weight is 534 g/mol. The molecule has 1 fully saturated rings. The number of hydrogen-bond donors (Lipinski definition) is 3. The molecule has 2 aromatic carbocycles. The molecule has 0 saturated carbocycles. The molecule has 1 aliphatic rings. The highest BCUT2D eigenvalue weighted by Gasteiger charge is 2.60. The number of benzene rings is 2. The van der Waals surface area contributed by atoms with Crippen molar-refractivity contribution in [1.82, 2.24) is 10.2 Å². The Labute approximate surface area is 221 Å². The van der Waals surface area contributed by atoms with Crippen molar-refractivity contribution in [3.63, 3.8) is 0 Å². The molecule has 2 unspecified atom stereocenters. The van der Waals surface area contributed by atoms with Crippen LogP contribution in [0.3, 0.4) is 0 Å². The number of aliphatic hydroxyl groups is 2. The maximum Gasteiger partial charge on any atom is 0.317 e. The molecule has 1 saturated heterocycles. The van der Waals surface area contributed by atoms with Crippen molar-refractivity contribution in [1.29, 1.82) is 5.26 Å². The lowest BCUT2D eigenvalue weighted by Gasteiger charge is -2.38. The lowest BCUT2D eigenvalue weighted by molar-refractivity contribution is 0.0881. The van der Waals surface area contributed by atoms with Crippen LogP contribution < -0.4 is 5.32 Å². The standard InChI is InChI=1S/C28H34ClF2N3O3/c1-17-8-9-21(23(30)12-17)28(16-32)18(13-27(2,3)4)14-34(26(37)33-11-10-19(36)15-35)25(28)20-6-5-7-22(29)24(20)31/h5-9,12,18-19,25,35-36H,10-11,13-15H2,1-4H3,(H,33,37)/t18-,19?,25-,28?/m1/s1. The van der Waals surface area contributed by atoms with Crippen molar-refractivity contribution in [3.05, 3.63) is 69.7 Å². The number of rotatable bonds is 7. The first kappa shape index (κ1) is 28.8. The summed E-state index contributed by atoms with van der Waals surface area (Å²) in [6.07, 6.45) is -0.443. The van der Waals surface area contributed by atoms with Crippen LogP contribution in [0, 0.1) is 41.2 Å². The van der Waals surface area contributed by atoms with Crippen LogP contribution >= 0.6 is 11.6 Å². The number of nitrogens with zero attached hydrogens (tertiary/aromatic N) is 2. The van der Waals surface area contributed by atoms with E-state index in [1.807, 2.05) is 20.8 Å². The van der Waals surface area contributed by atoms with Gasteiger partial charge >= 0.3 is 6.03 Å². The van der Waals surface area contributed by atoms with E-state index >= 15 is 8.78 Å². The van der Waals surface area contributed by atoms with Crippen LogP contribution in [-0.4, -0.2) is 46.9 Å². The van der Waals surface area contributed by atoms with E-state index in [9.17, 15) is 15.2 Å². The molecule has 4 atom stereocenters. The van der Waals surface area contributed by atoms with Gasteiger partial charge in [0.1, 0.15) is 17.0 Å². The zero-order valence-corrected chi connectivity index (χ0v) is 22.3. The molecule has 0 aromatic heterocycles. The number of likely N-dealkylation sites (tertiary alicyclic amines) is 1. The van der Waals surface area contributed by atoms with E-state index < -0.39 is 47.8 Å². The number of nitrogens with one attached hydrogen (secondary N) is 1. The normalized spacial score (nSPS) is 22.5. The van der Waals surface area contributed by atoms with Crippen LogP contribution in [0.15, 0.2) is 36.4 Å². The summed E-state index contributed by atoms with van der Waals surface area (Å²) in [7, 11) is 0. The number of carbonyl (C=O) groups is 1. The van der Waals surface area contributed by atoms with Gasteiger partial charge in [-0.25, -0.2) is 13.6 Å². The van der Waals surface area contributed by atoms with Crippen LogP contribution in [0.5, 0.6) is 0 Å². The highest BCUT2D eigenvalue weighted by molar-refractivity contribution is 6.30. The SMILES string of the molecule is Cc1ccc(C2(C#N)[C@H](CC(C)(C)C)CN(C(=O)NCCC(O)CO)[C@@H]2c2cccc(Cl)c2F)c(F)c1. The largest absolute Gasteiger partial charge is 0.394 e. The van der Waals surface area contributed by atoms with Gasteiger partial charge in [0.05, 0.1) is 29.8 Å². The smallest absolute Gasteiger partial charge is 0.317 e. The molecule has 0 spiro atoms. The topological polar surface area (TPSA) is 96.6 Å². The molecular formula is C28H34ClF2N3O3. The molecule has 37 heavy (non-hydrogen) atoms. The molecule has 200 valence electrons. The predicted octanol–water partition coefficient (Wildman–Crippen LogP) is 5.25. The fraction of sp³-hybridized carbons (Fsp3) is 0.500. The third-order valence-electron chi connectivity index (χ3n) is 6.92. The van der Waals surface area contributed by atoms with E-state index in [-0.39, 0.29) is 41.1 Å². The summed E-state index contributed by atoms with van der Waals surface area (Å²) in [4.78, 5) is 14.9. The average Bonchev–Trinajstić information content (AvgIpc) is 3.13. The van der Waals surface area contributed by atoms with Gasteiger partial charge in [-0.15, -0.1) is 0 Å². The Morgan fingerprint density at radius 3 is 2.62 bits per heavy atom. The van der Waals surface area contributed by atoms with Gasteiger partial charge < -0.3 is 20.4 Å². The van der Waals surface area contributed by atoms with E-state index in [0.29, 0.717) is 12.0 Å². The third-order valence-corrected chi connectivity index (χ3v) is 7.21. The minimum atomic E-state index is -1.61. The van der Waals surface area contributed by atoms with E-state index in [1.165, 1.54) is 23.1 Å². The number of amides is 2. The Morgan fingerprint density at radius 2 is 2.03 bits per heavy atom. The van der Waals surface area contributed by atoms with E-state index in [0.717, 1.165) is 0 Å². The molecule has 2 aromatic rings. The summed E-state index contributed by atoms with van der Waals surface area (Å²) in [5.74, 6) is -1.90. The van der Waals surface area contributed by atoms with Gasteiger partial charge in [0.2, 0.25) is 0 Å². The Morgan fingerprint density at radius 1 is 1.32 bits per heavy atom. The Kier molecular flexibility index (Phi) is 8.84. The zero-order chi connectivity index (χ0) is 27.5. The quantitative estimate of drug-likeness (QED) is 0.453. The van der Waals surface area contributed by atoms with Crippen molar-refractivity contribution >= 4 is 17.6 Å². The van der Waals surface area contributed by atoms with Crippen LogP contribution in [0.25, 0.3) is 0 Å². The number of aliphatic hydroxyl groups excluding tert-OH is 2. The summed E-state index contributed by atoms with van der Waals surface area (Å²) in [6, 6.07) is 9.57. The van der Waals surface area contributed by atoms with Crippen LogP contribution in [0.4, 0.5) is 13.6 Å². The second-order valence-corrected chi connectivity index (χ2v) is 11.4. The molecule has 9 heteroatoms. The molecule has 0 aliphatic carbocycles. The van der Waals surface area contributed by atoms with Gasteiger partial charge in [-0.05, 0) is 42.9 Å². The third kappa shape index (κ3) is 5.90. The summed E-state index contributed by atoms with van der Waals surface area (Å²) in [6.45, 7) is 7.39. The van der Waals surface area contributed by atoms with Gasteiger partial charge in [0.25, 0.3) is 0 Å². The highest BCUT2D eigenvalue weighted by atomic mass is 35.5. The summed E-state index contributed by atoms with van der Waals surface area (Å²) in [5, 5.41) is 32.1. The van der Waals surface area contributed by atoms with Gasteiger partial charge in [-0.2, -0.15) is 5.26 Å². The minimum Gasteiger partial charge on any atom is -0.394 e. The van der Waals surface area contributed by atoms with E-state index in [4.69, 9.17) is 16.7 Å². The van der Waals surface area contributed by atoms with Crippen LogP contribution in [0.2, 0.25) is 5.02 Å². The molecule has 2 amide bonds. The number of halogens is 3. The molecule has 0 radical (unpaired) electrons. The Hall–Kier alpha value is -2.73. The summed E-state index contributed by atoms with van der Waals surface area (Å²) < 4.78 is 31.2. The van der Waals surface area contributed by atoms with E-state index in [1.54, 1.807) is 25.1 Å². The van der Waals surface area contributed by atoms with Crippen molar-refractivity contribution in [2.24, 2.45) is 11.3 Å². The monoisotopic (exact) mass is 533 g/mol. The molecule has 6 nitrogen and oxygen atoms in total. The fourth-order valence-corrected chi connectivity index (χ4v) is 5.52. The van der Waals surface area contributed by atoms with Gasteiger partial charge in [0.15, 0.2) is 0 Å². The molecule has 1 heterocycles. The molecule has 0 bridgehead atoms. The van der Waals surface area contributed by atoms with Gasteiger partial charge in [0, 0.05) is 30.1 Å². The first-order valence-corrected chi connectivity index (χ1v) is 12.7. The molecular weight excluding hydrogens is 500 g/mol. The number of urea groups is 1. The maximum absolute atomic E-state index is 15.6. The summed E-state index contributed by atoms with van der Waals surface area (Å²) >= 11 is 6.13. The first-order valence-electron chi connectivity index (χ1n) is 12.3. The number of aryl methyl sites for hydroxylation is 1. The predicted molar refractivity (Wildman–Crippen MR) is 138 cm³/mol. The molecule has 3 N–H and O–H groups in total. The lowest BCUT2D eigenvalue weighted by Crippen LogP contribution is -2.44. The number of hydrogen-bond acceptors (Lipinski definition) is 4. The number of carbonyl (C=O) groups excluding carboxylic acids is 1. The zero-order valence-electron chi connectivity index (χ0n) is 21.6. The molecule has 3 rings (SSSR count). The fourth-order valence-electron chi connectivity index (χ4n) is 5.34. The molecule has 1 aliphatic heterocycles. The Bertz CT molecular complexity index is 1180. The first-order chi connectivity index (χ1) is 17.4. The van der Waals surface area contributed by atoms with Crippen molar-refractivity contribution < 1.29 is 23.8 Å². The highest BCUT2D eigenvalue weighted by Crippen LogP contribution is 2.56. The van der Waals surface area contributed by atoms with E-state index in [2.05, 4.69) is 11.4 Å².